The Kier molecular flexibility index (Phi) is 4.93. The van der Waals surface area contributed by atoms with Crippen LogP contribution in [0.3, 0.4) is 0 Å². The zero-order chi connectivity index (χ0) is 18.8. The zero-order valence-electron chi connectivity index (χ0n) is 15.9. The molecule has 0 aliphatic carbocycles. The first-order chi connectivity index (χ1) is 12.4. The lowest BCUT2D eigenvalue weighted by Gasteiger charge is -2.16. The fourth-order valence-corrected chi connectivity index (χ4v) is 2.84. The van der Waals surface area contributed by atoms with Gasteiger partial charge < -0.3 is 14.5 Å². The summed E-state index contributed by atoms with van der Waals surface area (Å²) in [6.07, 6.45) is 0.734. The van der Waals surface area contributed by atoms with Gasteiger partial charge in [-0.2, -0.15) is 4.98 Å². The van der Waals surface area contributed by atoms with Crippen molar-refractivity contribution in [1.29, 1.82) is 0 Å². The lowest BCUT2D eigenvalue weighted by atomic mass is 10.0. The van der Waals surface area contributed by atoms with Crippen molar-refractivity contribution in [2.45, 2.75) is 34.1 Å². The molecule has 0 unspecified atom stereocenters. The van der Waals surface area contributed by atoms with Crippen LogP contribution < -0.4 is 4.90 Å². The highest BCUT2D eigenvalue weighted by Gasteiger charge is 2.15. The van der Waals surface area contributed by atoms with E-state index in [4.69, 9.17) is 4.52 Å². The fourth-order valence-electron chi connectivity index (χ4n) is 2.84. The van der Waals surface area contributed by atoms with Gasteiger partial charge in [0.2, 0.25) is 5.82 Å². The van der Waals surface area contributed by atoms with Crippen LogP contribution in [0.2, 0.25) is 0 Å². The van der Waals surface area contributed by atoms with Crippen LogP contribution in [0.15, 0.2) is 28.8 Å². The molecule has 0 atom stereocenters. The Morgan fingerprint density at radius 3 is 2.50 bits per heavy atom. The van der Waals surface area contributed by atoms with Crippen LogP contribution in [0, 0.1) is 13.8 Å². The molecule has 3 aromatic rings. The molecule has 6 nitrogen and oxygen atoms in total. The van der Waals surface area contributed by atoms with Crippen LogP contribution in [0.25, 0.3) is 22.8 Å². The monoisotopic (exact) mass is 352 g/mol. The van der Waals surface area contributed by atoms with Crippen molar-refractivity contribution in [2.24, 2.45) is 0 Å². The van der Waals surface area contributed by atoms with Gasteiger partial charge in [-0.1, -0.05) is 12.1 Å². The van der Waals surface area contributed by atoms with Crippen LogP contribution in [-0.2, 0) is 6.42 Å². The zero-order valence-corrected chi connectivity index (χ0v) is 15.9. The number of aromatic hydroxyl groups is 1. The highest BCUT2D eigenvalue weighted by molar-refractivity contribution is 5.65. The molecule has 0 bridgehead atoms. The third-order valence-corrected chi connectivity index (χ3v) is 4.50. The highest BCUT2D eigenvalue weighted by atomic mass is 16.5. The maximum absolute atomic E-state index is 10.1. The molecule has 1 N–H and O–H groups in total. The molecule has 0 amide bonds. The van der Waals surface area contributed by atoms with Gasteiger partial charge in [-0.15, -0.1) is 0 Å². The SMILES string of the molecule is CCc1cc(-c2nc(-c3cc(C)nc(N(C)CC)c3)no2)cc(C)c1O. The number of hydrogen-bond donors (Lipinski definition) is 1. The molecule has 2 aromatic heterocycles. The molecule has 0 saturated carbocycles. The summed E-state index contributed by atoms with van der Waals surface area (Å²) in [6.45, 7) is 8.76. The number of pyridine rings is 1. The van der Waals surface area contributed by atoms with E-state index in [1.165, 1.54) is 0 Å². The maximum atomic E-state index is 10.1. The molecule has 0 radical (unpaired) electrons. The van der Waals surface area contributed by atoms with Crippen LogP contribution in [0.1, 0.15) is 30.7 Å². The lowest BCUT2D eigenvalue weighted by molar-refractivity contribution is 0.432. The van der Waals surface area contributed by atoms with Gasteiger partial charge in [0.1, 0.15) is 11.6 Å². The smallest absolute Gasteiger partial charge is 0.258 e. The Labute approximate surface area is 153 Å². The van der Waals surface area contributed by atoms with Crippen molar-refractivity contribution in [3.63, 3.8) is 0 Å². The van der Waals surface area contributed by atoms with E-state index in [-0.39, 0.29) is 0 Å². The summed E-state index contributed by atoms with van der Waals surface area (Å²) in [7, 11) is 2.00. The summed E-state index contributed by atoms with van der Waals surface area (Å²) in [5, 5.41) is 14.3. The van der Waals surface area contributed by atoms with Crippen LogP contribution >= 0.6 is 0 Å². The quantitative estimate of drug-likeness (QED) is 0.744. The number of aromatic nitrogens is 3. The normalized spacial score (nSPS) is 11.0. The second-order valence-corrected chi connectivity index (χ2v) is 6.45. The first kappa shape index (κ1) is 17.9. The number of phenolic OH excluding ortho intramolecular Hbond substituents is 1. The van der Waals surface area contributed by atoms with Gasteiger partial charge in [-0.3, -0.25) is 0 Å². The van der Waals surface area contributed by atoms with Crippen molar-refractivity contribution < 1.29 is 9.63 Å². The van der Waals surface area contributed by atoms with Gasteiger partial charge in [0.25, 0.3) is 5.89 Å². The molecule has 0 aliphatic rings. The Bertz CT molecular complexity index is 934. The summed E-state index contributed by atoms with van der Waals surface area (Å²) < 4.78 is 5.49. The third kappa shape index (κ3) is 3.40. The molecule has 0 aliphatic heterocycles. The number of hydrogen-bond acceptors (Lipinski definition) is 6. The second-order valence-electron chi connectivity index (χ2n) is 6.45. The minimum Gasteiger partial charge on any atom is -0.507 e. The second kappa shape index (κ2) is 7.15. The number of rotatable bonds is 5. The molecule has 0 fully saturated rings. The average Bonchev–Trinajstić information content (AvgIpc) is 3.12. The minimum absolute atomic E-state index is 0.327. The molecule has 26 heavy (non-hydrogen) atoms. The van der Waals surface area contributed by atoms with Gasteiger partial charge in [-0.25, -0.2) is 4.98 Å². The van der Waals surface area contributed by atoms with E-state index in [2.05, 4.69) is 26.9 Å². The molecule has 0 spiro atoms. The summed E-state index contributed by atoms with van der Waals surface area (Å²) in [4.78, 5) is 11.2. The molecule has 3 rings (SSSR count). The minimum atomic E-state index is 0.327. The Balaban J connectivity index is 2.01. The standard InChI is InChI=1S/C20H24N4O2/c1-6-14-10-16(8-12(3)18(14)25)20-22-19(23-26-20)15-9-13(4)21-17(11-15)24(5)7-2/h8-11,25H,6-7H2,1-5H3. The van der Waals surface area contributed by atoms with Crippen LogP contribution in [0.5, 0.6) is 5.75 Å². The summed E-state index contributed by atoms with van der Waals surface area (Å²) in [6, 6.07) is 7.67. The van der Waals surface area contributed by atoms with Crippen LogP contribution in [0.4, 0.5) is 5.82 Å². The predicted octanol–water partition coefficient (Wildman–Crippen LogP) is 4.14. The molecular weight excluding hydrogens is 328 g/mol. The van der Waals surface area contributed by atoms with Gasteiger partial charge >= 0.3 is 0 Å². The molecular formula is C20H24N4O2. The number of nitrogens with zero attached hydrogens (tertiary/aromatic N) is 4. The van der Waals surface area contributed by atoms with Gasteiger partial charge in [0, 0.05) is 30.4 Å². The van der Waals surface area contributed by atoms with Crippen molar-refractivity contribution in [2.75, 3.05) is 18.5 Å². The van der Waals surface area contributed by atoms with E-state index in [1.54, 1.807) is 0 Å². The molecule has 6 heteroatoms. The van der Waals surface area contributed by atoms with Crippen LogP contribution in [-0.4, -0.2) is 33.8 Å². The summed E-state index contributed by atoms with van der Waals surface area (Å²) in [5.74, 6) is 2.17. The predicted molar refractivity (Wildman–Crippen MR) is 102 cm³/mol. The first-order valence-electron chi connectivity index (χ1n) is 8.79. The van der Waals surface area contributed by atoms with Gasteiger partial charge in [-0.05, 0) is 62.6 Å². The van der Waals surface area contributed by atoms with Crippen molar-refractivity contribution in [3.05, 3.63) is 41.1 Å². The molecule has 1 aromatic carbocycles. The third-order valence-electron chi connectivity index (χ3n) is 4.50. The Hall–Kier alpha value is -2.89. The van der Waals surface area contributed by atoms with E-state index in [0.717, 1.165) is 46.7 Å². The topological polar surface area (TPSA) is 75.3 Å². The Morgan fingerprint density at radius 1 is 1.04 bits per heavy atom. The number of anilines is 1. The van der Waals surface area contributed by atoms with Crippen molar-refractivity contribution in [3.8, 4) is 28.6 Å². The Morgan fingerprint density at radius 2 is 1.81 bits per heavy atom. The largest absolute Gasteiger partial charge is 0.507 e. The fraction of sp³-hybridized carbons (Fsp3) is 0.350. The molecule has 2 heterocycles. The van der Waals surface area contributed by atoms with E-state index < -0.39 is 0 Å². The maximum Gasteiger partial charge on any atom is 0.258 e. The van der Waals surface area contributed by atoms with Gasteiger partial charge in [0.05, 0.1) is 0 Å². The number of phenols is 1. The van der Waals surface area contributed by atoms with Crippen molar-refractivity contribution >= 4 is 5.82 Å². The number of benzene rings is 1. The lowest BCUT2D eigenvalue weighted by Crippen LogP contribution is -2.17. The van der Waals surface area contributed by atoms with E-state index in [9.17, 15) is 5.11 Å². The van der Waals surface area contributed by atoms with Crippen molar-refractivity contribution in [1.82, 2.24) is 15.1 Å². The average molecular weight is 352 g/mol. The van der Waals surface area contributed by atoms with E-state index in [1.807, 2.05) is 52.1 Å². The number of aryl methyl sites for hydroxylation is 3. The molecule has 0 saturated heterocycles. The highest BCUT2D eigenvalue weighted by Crippen LogP contribution is 2.31. The summed E-state index contributed by atoms with van der Waals surface area (Å²) in [5.41, 5.74) is 4.25. The first-order valence-corrected chi connectivity index (χ1v) is 8.79. The van der Waals surface area contributed by atoms with E-state index >= 15 is 0 Å². The summed E-state index contributed by atoms with van der Waals surface area (Å²) >= 11 is 0. The molecule has 136 valence electrons. The van der Waals surface area contributed by atoms with E-state index in [0.29, 0.717) is 17.5 Å². The van der Waals surface area contributed by atoms with Gasteiger partial charge in [0.15, 0.2) is 0 Å².